The Kier molecular flexibility index (Phi) is 2.47. The number of phenolic OH excluding ortho intramolecular Hbond substituents is 1. The van der Waals surface area contributed by atoms with Crippen LogP contribution in [0, 0.1) is 28.5 Å². The van der Waals surface area contributed by atoms with E-state index in [0.29, 0.717) is 0 Å². The molecule has 13 heavy (non-hydrogen) atoms. The SMILES string of the molecule is N#CCc1c(F)ccc(C#N)c1O. The first-order chi connectivity index (χ1) is 6.20. The second kappa shape index (κ2) is 3.55. The molecule has 0 aliphatic heterocycles. The van der Waals surface area contributed by atoms with Crippen LogP contribution in [0.1, 0.15) is 11.1 Å². The highest BCUT2D eigenvalue weighted by molar-refractivity contribution is 5.48. The molecular formula is C9H5FN2O. The fourth-order valence-electron chi connectivity index (χ4n) is 0.949. The van der Waals surface area contributed by atoms with Gasteiger partial charge in [0.25, 0.3) is 0 Å². The normalized spacial score (nSPS) is 8.85. The fraction of sp³-hybridized carbons (Fsp3) is 0.111. The summed E-state index contributed by atoms with van der Waals surface area (Å²) in [5.41, 5.74) is -0.145. The van der Waals surface area contributed by atoms with Crippen molar-refractivity contribution in [2.24, 2.45) is 0 Å². The number of hydrogen-bond acceptors (Lipinski definition) is 3. The zero-order valence-corrected chi connectivity index (χ0v) is 6.58. The van der Waals surface area contributed by atoms with Crippen LogP contribution in [-0.4, -0.2) is 5.11 Å². The lowest BCUT2D eigenvalue weighted by Gasteiger charge is -2.02. The van der Waals surface area contributed by atoms with Gasteiger partial charge >= 0.3 is 0 Å². The molecule has 0 radical (unpaired) electrons. The first-order valence-corrected chi connectivity index (χ1v) is 3.48. The van der Waals surface area contributed by atoms with Gasteiger partial charge in [-0.25, -0.2) is 4.39 Å². The molecule has 0 spiro atoms. The molecule has 0 saturated carbocycles. The number of hydrogen-bond donors (Lipinski definition) is 1. The summed E-state index contributed by atoms with van der Waals surface area (Å²) in [6.07, 6.45) is -0.243. The minimum atomic E-state index is -0.668. The van der Waals surface area contributed by atoms with Crippen LogP contribution in [0.15, 0.2) is 12.1 Å². The van der Waals surface area contributed by atoms with Crippen molar-refractivity contribution in [3.05, 3.63) is 29.1 Å². The molecule has 0 fully saturated rings. The maximum Gasteiger partial charge on any atom is 0.140 e. The molecule has 1 aromatic carbocycles. The van der Waals surface area contributed by atoms with Crippen LogP contribution in [0.3, 0.4) is 0 Å². The second-order valence-electron chi connectivity index (χ2n) is 2.37. The van der Waals surface area contributed by atoms with Crippen LogP contribution in [-0.2, 0) is 6.42 Å². The van der Waals surface area contributed by atoms with Crippen molar-refractivity contribution in [3.63, 3.8) is 0 Å². The van der Waals surface area contributed by atoms with Crippen molar-refractivity contribution in [2.45, 2.75) is 6.42 Å². The minimum absolute atomic E-state index is 0.0216. The predicted octanol–water partition coefficient (Wildman–Crippen LogP) is 1.47. The first kappa shape index (κ1) is 9.02. The first-order valence-electron chi connectivity index (χ1n) is 3.48. The molecule has 0 unspecified atom stereocenters. The summed E-state index contributed by atoms with van der Waals surface area (Å²) in [4.78, 5) is 0. The number of rotatable bonds is 1. The molecule has 0 saturated heterocycles. The summed E-state index contributed by atoms with van der Waals surface area (Å²) < 4.78 is 12.9. The Bertz CT molecular complexity index is 415. The quantitative estimate of drug-likeness (QED) is 0.704. The topological polar surface area (TPSA) is 67.8 Å². The van der Waals surface area contributed by atoms with Crippen LogP contribution >= 0.6 is 0 Å². The van der Waals surface area contributed by atoms with E-state index in [1.165, 1.54) is 6.07 Å². The van der Waals surface area contributed by atoms with Crippen molar-refractivity contribution in [3.8, 4) is 17.9 Å². The molecule has 64 valence electrons. The van der Waals surface area contributed by atoms with E-state index in [1.807, 2.05) is 0 Å². The van der Waals surface area contributed by atoms with Crippen molar-refractivity contribution in [1.29, 1.82) is 10.5 Å². The number of benzene rings is 1. The maximum absolute atomic E-state index is 12.9. The molecule has 0 aromatic heterocycles. The van der Waals surface area contributed by atoms with Crippen molar-refractivity contribution in [1.82, 2.24) is 0 Å². The number of halogens is 1. The molecule has 1 N–H and O–H groups in total. The van der Waals surface area contributed by atoms with E-state index >= 15 is 0 Å². The molecule has 1 rings (SSSR count). The highest BCUT2D eigenvalue weighted by Crippen LogP contribution is 2.24. The minimum Gasteiger partial charge on any atom is -0.506 e. The van der Waals surface area contributed by atoms with E-state index in [9.17, 15) is 9.50 Å². The maximum atomic E-state index is 12.9. The Morgan fingerprint density at radius 1 is 1.38 bits per heavy atom. The van der Waals surface area contributed by atoms with Crippen LogP contribution in [0.25, 0.3) is 0 Å². The molecular weight excluding hydrogens is 171 g/mol. The average molecular weight is 176 g/mol. The largest absolute Gasteiger partial charge is 0.506 e. The zero-order chi connectivity index (χ0) is 9.84. The number of nitrogens with zero attached hydrogens (tertiary/aromatic N) is 2. The number of aromatic hydroxyl groups is 1. The lowest BCUT2D eigenvalue weighted by Crippen LogP contribution is -1.91. The van der Waals surface area contributed by atoms with Gasteiger partial charge in [-0.2, -0.15) is 10.5 Å². The molecule has 4 heteroatoms. The molecule has 0 atom stereocenters. The summed E-state index contributed by atoms with van der Waals surface area (Å²) in [5.74, 6) is -1.11. The fourth-order valence-corrected chi connectivity index (χ4v) is 0.949. The van der Waals surface area contributed by atoms with Crippen LogP contribution in [0.4, 0.5) is 4.39 Å². The Labute approximate surface area is 74.3 Å². The van der Waals surface area contributed by atoms with E-state index in [4.69, 9.17) is 10.5 Å². The van der Waals surface area contributed by atoms with Gasteiger partial charge in [0.15, 0.2) is 0 Å². The van der Waals surface area contributed by atoms with Gasteiger partial charge in [0.1, 0.15) is 17.6 Å². The van der Waals surface area contributed by atoms with Crippen LogP contribution in [0.2, 0.25) is 0 Å². The van der Waals surface area contributed by atoms with E-state index < -0.39 is 11.6 Å². The molecule has 0 amide bonds. The van der Waals surface area contributed by atoms with Crippen molar-refractivity contribution >= 4 is 0 Å². The van der Waals surface area contributed by atoms with E-state index in [1.54, 1.807) is 12.1 Å². The third-order valence-electron chi connectivity index (χ3n) is 1.60. The summed E-state index contributed by atoms with van der Waals surface area (Å²) in [6, 6.07) is 5.64. The number of phenols is 1. The summed E-state index contributed by atoms with van der Waals surface area (Å²) in [7, 11) is 0. The zero-order valence-electron chi connectivity index (χ0n) is 6.58. The van der Waals surface area contributed by atoms with E-state index in [0.717, 1.165) is 6.07 Å². The Morgan fingerprint density at radius 2 is 2.08 bits per heavy atom. The second-order valence-corrected chi connectivity index (χ2v) is 2.37. The summed E-state index contributed by atoms with van der Waals surface area (Å²) in [6.45, 7) is 0. The van der Waals surface area contributed by atoms with Gasteiger partial charge in [-0.1, -0.05) is 0 Å². The number of nitriles is 2. The highest BCUT2D eigenvalue weighted by Gasteiger charge is 2.11. The van der Waals surface area contributed by atoms with Crippen LogP contribution < -0.4 is 0 Å². The van der Waals surface area contributed by atoms with Crippen molar-refractivity contribution in [2.75, 3.05) is 0 Å². The molecule has 3 nitrogen and oxygen atoms in total. The average Bonchev–Trinajstić information content (AvgIpc) is 2.12. The van der Waals surface area contributed by atoms with Gasteiger partial charge in [-0.05, 0) is 12.1 Å². The molecule has 0 aliphatic carbocycles. The third kappa shape index (κ3) is 1.57. The monoisotopic (exact) mass is 176 g/mol. The molecule has 0 bridgehead atoms. The summed E-state index contributed by atoms with van der Waals surface area (Å²) >= 11 is 0. The predicted molar refractivity (Wildman–Crippen MR) is 42.1 cm³/mol. The van der Waals surface area contributed by atoms with Gasteiger partial charge in [0, 0.05) is 5.56 Å². The van der Waals surface area contributed by atoms with Crippen LogP contribution in [0.5, 0.6) is 5.75 Å². The van der Waals surface area contributed by atoms with E-state index in [2.05, 4.69) is 0 Å². The summed E-state index contributed by atoms with van der Waals surface area (Å²) in [5, 5.41) is 26.1. The van der Waals surface area contributed by atoms with Gasteiger partial charge in [-0.3, -0.25) is 0 Å². The highest BCUT2D eigenvalue weighted by atomic mass is 19.1. The van der Waals surface area contributed by atoms with Gasteiger partial charge < -0.3 is 5.11 Å². The standard InChI is InChI=1S/C9H5FN2O/c10-8-2-1-6(5-12)9(13)7(8)3-4-11/h1-2,13H,3H2. The van der Waals surface area contributed by atoms with E-state index in [-0.39, 0.29) is 17.5 Å². The molecule has 0 heterocycles. The smallest absolute Gasteiger partial charge is 0.140 e. The Hall–Kier alpha value is -2.07. The Balaban J connectivity index is 3.33. The van der Waals surface area contributed by atoms with Gasteiger partial charge in [0.05, 0.1) is 18.1 Å². The lowest BCUT2D eigenvalue weighted by molar-refractivity contribution is 0.459. The van der Waals surface area contributed by atoms with Gasteiger partial charge in [-0.15, -0.1) is 0 Å². The third-order valence-corrected chi connectivity index (χ3v) is 1.60. The molecule has 1 aromatic rings. The molecule has 0 aliphatic rings. The lowest BCUT2D eigenvalue weighted by atomic mass is 10.1. The van der Waals surface area contributed by atoms with Gasteiger partial charge in [0.2, 0.25) is 0 Å². The Morgan fingerprint density at radius 3 is 2.62 bits per heavy atom. The van der Waals surface area contributed by atoms with Crippen molar-refractivity contribution < 1.29 is 9.50 Å².